The Morgan fingerprint density at radius 2 is 1.80 bits per heavy atom. The number of rotatable bonds is 3. The maximum Gasteiger partial charge on any atom is 0.288 e. The highest BCUT2D eigenvalue weighted by atomic mass is 35.5. The van der Waals surface area contributed by atoms with Gasteiger partial charge in [0, 0.05) is 11.6 Å². The van der Waals surface area contributed by atoms with E-state index in [1.165, 1.54) is 12.1 Å². The molecule has 128 valence electrons. The number of nitrogens with one attached hydrogen (secondary N) is 1. The van der Waals surface area contributed by atoms with Crippen LogP contribution in [0.5, 0.6) is 0 Å². The molecule has 2 fully saturated rings. The van der Waals surface area contributed by atoms with E-state index in [2.05, 4.69) is 5.43 Å². The van der Waals surface area contributed by atoms with Gasteiger partial charge in [-0.15, -0.1) is 0 Å². The van der Waals surface area contributed by atoms with Crippen molar-refractivity contribution in [1.82, 2.24) is 10.4 Å². The number of allylic oxidation sites excluding steroid dienone is 2. The Kier molecular flexibility index (Phi) is 3.40. The van der Waals surface area contributed by atoms with Crippen molar-refractivity contribution in [1.29, 1.82) is 0 Å². The summed E-state index contributed by atoms with van der Waals surface area (Å²) in [6.45, 7) is 0. The van der Waals surface area contributed by atoms with Gasteiger partial charge in [-0.1, -0.05) is 23.8 Å². The Bertz CT molecular complexity index is 837. The van der Waals surface area contributed by atoms with Crippen LogP contribution in [0.1, 0.15) is 16.8 Å². The molecule has 1 aliphatic heterocycles. The van der Waals surface area contributed by atoms with E-state index in [4.69, 9.17) is 11.6 Å². The van der Waals surface area contributed by atoms with Crippen LogP contribution >= 0.6 is 11.6 Å². The molecular weight excluding hydrogens is 350 g/mol. The third kappa shape index (κ3) is 2.25. The maximum absolute atomic E-state index is 12.5. The Hall–Kier alpha value is -2.74. The Labute approximate surface area is 146 Å². The van der Waals surface area contributed by atoms with E-state index in [0.29, 0.717) is 0 Å². The van der Waals surface area contributed by atoms with Crippen molar-refractivity contribution in [2.24, 2.45) is 23.7 Å². The highest BCUT2D eigenvalue weighted by Crippen LogP contribution is 2.52. The highest BCUT2D eigenvalue weighted by molar-refractivity contribution is 6.32. The fourth-order valence-corrected chi connectivity index (χ4v) is 4.16. The average Bonchev–Trinajstić information content (AvgIpc) is 3.24. The summed E-state index contributed by atoms with van der Waals surface area (Å²) in [5.41, 5.74) is 1.80. The first-order chi connectivity index (χ1) is 11.9. The second-order valence-corrected chi connectivity index (χ2v) is 6.78. The number of carbonyl (C=O) groups is 3. The van der Waals surface area contributed by atoms with Crippen LogP contribution in [0.3, 0.4) is 0 Å². The van der Waals surface area contributed by atoms with Crippen LogP contribution in [-0.2, 0) is 9.59 Å². The molecule has 0 aromatic heterocycles. The normalized spacial score (nSPS) is 29.2. The SMILES string of the molecule is O=C(NN1C(=O)[C@H]2[C@H](C1=O)[C@H]1C=C[C@H]2C1)c1ccc(Cl)c([N+](=O)[O-])c1. The molecule has 1 saturated carbocycles. The summed E-state index contributed by atoms with van der Waals surface area (Å²) >= 11 is 5.72. The zero-order valence-electron chi connectivity index (χ0n) is 12.7. The molecule has 8 nitrogen and oxygen atoms in total. The van der Waals surface area contributed by atoms with Gasteiger partial charge in [0.2, 0.25) is 0 Å². The molecule has 0 spiro atoms. The molecule has 4 atom stereocenters. The second-order valence-electron chi connectivity index (χ2n) is 6.38. The van der Waals surface area contributed by atoms with Crippen LogP contribution < -0.4 is 5.43 Å². The lowest BCUT2D eigenvalue weighted by Crippen LogP contribution is -2.47. The van der Waals surface area contributed by atoms with Crippen molar-refractivity contribution in [2.75, 3.05) is 0 Å². The minimum atomic E-state index is -0.776. The molecule has 1 aromatic carbocycles. The topological polar surface area (TPSA) is 110 Å². The van der Waals surface area contributed by atoms with E-state index in [9.17, 15) is 24.5 Å². The lowest BCUT2D eigenvalue weighted by molar-refractivity contribution is -0.384. The Morgan fingerprint density at radius 3 is 2.36 bits per heavy atom. The summed E-state index contributed by atoms with van der Waals surface area (Å²) in [5, 5.41) is 11.6. The van der Waals surface area contributed by atoms with Gasteiger partial charge in [0.1, 0.15) is 5.02 Å². The molecule has 0 unspecified atom stereocenters. The molecule has 1 saturated heterocycles. The van der Waals surface area contributed by atoms with E-state index in [-0.39, 0.29) is 22.4 Å². The average molecular weight is 362 g/mol. The van der Waals surface area contributed by atoms with E-state index in [1.54, 1.807) is 0 Å². The number of nitro benzene ring substituents is 1. The number of nitrogens with zero attached hydrogens (tertiary/aromatic N) is 2. The zero-order chi connectivity index (χ0) is 17.9. The fourth-order valence-electron chi connectivity index (χ4n) is 3.97. The molecule has 3 amide bonds. The standard InChI is InChI=1S/C16H12ClN3O5/c17-10-4-3-9(6-11(10)20(24)25)14(21)18-19-15(22)12-7-1-2-8(5-7)13(12)16(19)23/h1-4,6-8,12-13H,5H2,(H,18,21)/t7-,8-,12+,13+/m0/s1. The number of halogens is 1. The van der Waals surface area contributed by atoms with Gasteiger partial charge in [0.05, 0.1) is 16.8 Å². The zero-order valence-corrected chi connectivity index (χ0v) is 13.5. The van der Waals surface area contributed by atoms with Crippen LogP contribution in [-0.4, -0.2) is 27.7 Å². The summed E-state index contributed by atoms with van der Waals surface area (Å²) in [6.07, 6.45) is 4.69. The number of fused-ring (bicyclic) bond motifs is 5. The lowest BCUT2D eigenvalue weighted by atomic mass is 9.85. The van der Waals surface area contributed by atoms with Gasteiger partial charge >= 0.3 is 0 Å². The predicted octanol–water partition coefficient (Wildman–Crippen LogP) is 1.70. The number of benzene rings is 1. The van der Waals surface area contributed by atoms with Gasteiger partial charge in [-0.05, 0) is 30.4 Å². The first-order valence-corrected chi connectivity index (χ1v) is 8.07. The fraction of sp³-hybridized carbons (Fsp3) is 0.312. The van der Waals surface area contributed by atoms with E-state index in [0.717, 1.165) is 17.5 Å². The maximum atomic E-state index is 12.5. The number of hydrogen-bond acceptors (Lipinski definition) is 5. The smallest absolute Gasteiger partial charge is 0.272 e. The van der Waals surface area contributed by atoms with Crippen molar-refractivity contribution < 1.29 is 19.3 Å². The van der Waals surface area contributed by atoms with E-state index >= 15 is 0 Å². The van der Waals surface area contributed by atoms with Crippen LogP contribution in [0.15, 0.2) is 30.4 Å². The first kappa shape index (κ1) is 15.8. The van der Waals surface area contributed by atoms with Gasteiger partial charge in [0.25, 0.3) is 23.4 Å². The van der Waals surface area contributed by atoms with Gasteiger partial charge in [-0.25, -0.2) is 0 Å². The van der Waals surface area contributed by atoms with Crippen molar-refractivity contribution in [3.05, 3.63) is 51.1 Å². The van der Waals surface area contributed by atoms with Gasteiger partial charge in [0.15, 0.2) is 0 Å². The Morgan fingerprint density at radius 1 is 1.20 bits per heavy atom. The van der Waals surface area contributed by atoms with Gasteiger partial charge < -0.3 is 0 Å². The number of imide groups is 1. The molecule has 25 heavy (non-hydrogen) atoms. The molecule has 0 radical (unpaired) electrons. The van der Waals surface area contributed by atoms with Crippen LogP contribution in [0.25, 0.3) is 0 Å². The number of carbonyl (C=O) groups excluding carboxylic acids is 3. The summed E-state index contributed by atoms with van der Waals surface area (Å²) in [6, 6.07) is 3.53. The number of hydrazine groups is 1. The van der Waals surface area contributed by atoms with Crippen molar-refractivity contribution in [2.45, 2.75) is 6.42 Å². The van der Waals surface area contributed by atoms with Crippen LogP contribution in [0, 0.1) is 33.8 Å². The van der Waals surface area contributed by atoms with Crippen LogP contribution in [0.4, 0.5) is 5.69 Å². The van der Waals surface area contributed by atoms with Crippen molar-refractivity contribution in [3.8, 4) is 0 Å². The largest absolute Gasteiger partial charge is 0.288 e. The quantitative estimate of drug-likeness (QED) is 0.381. The Balaban J connectivity index is 1.56. The minimum Gasteiger partial charge on any atom is -0.272 e. The molecule has 3 aliphatic rings. The van der Waals surface area contributed by atoms with E-state index in [1.807, 2.05) is 12.2 Å². The van der Waals surface area contributed by atoms with Crippen LogP contribution in [0.2, 0.25) is 5.02 Å². The third-order valence-corrected chi connectivity index (χ3v) is 5.41. The third-order valence-electron chi connectivity index (χ3n) is 5.09. The number of amides is 3. The van der Waals surface area contributed by atoms with Crippen molar-refractivity contribution in [3.63, 3.8) is 0 Å². The summed E-state index contributed by atoms with van der Waals surface area (Å²) in [5.74, 6) is -2.42. The molecule has 1 heterocycles. The predicted molar refractivity (Wildman–Crippen MR) is 85.1 cm³/mol. The molecule has 9 heteroatoms. The summed E-state index contributed by atoms with van der Waals surface area (Å²) in [4.78, 5) is 47.6. The summed E-state index contributed by atoms with van der Waals surface area (Å²) < 4.78 is 0. The van der Waals surface area contributed by atoms with Gasteiger partial charge in [-0.3, -0.25) is 29.9 Å². The molecule has 2 bridgehead atoms. The molecule has 1 aromatic rings. The van der Waals surface area contributed by atoms with E-state index < -0.39 is 40.2 Å². The molecule has 1 N–H and O–H groups in total. The highest BCUT2D eigenvalue weighted by Gasteiger charge is 2.59. The number of hydrogen-bond donors (Lipinski definition) is 1. The summed E-state index contributed by atoms with van der Waals surface area (Å²) in [7, 11) is 0. The monoisotopic (exact) mass is 361 g/mol. The lowest BCUT2D eigenvalue weighted by Gasteiger charge is -2.18. The molecular formula is C16H12ClN3O5. The first-order valence-electron chi connectivity index (χ1n) is 7.69. The minimum absolute atomic E-state index is 0.0324. The number of nitro groups is 1. The molecule has 2 aliphatic carbocycles. The van der Waals surface area contributed by atoms with Gasteiger partial charge in [-0.2, -0.15) is 5.01 Å². The molecule has 4 rings (SSSR count). The second kappa shape index (κ2) is 5.38. The van der Waals surface area contributed by atoms with Crippen molar-refractivity contribution >= 4 is 35.0 Å².